The topological polar surface area (TPSA) is 63.6 Å². The quantitative estimate of drug-likeness (QED) is 0.725. The van der Waals surface area contributed by atoms with Crippen molar-refractivity contribution in [1.29, 1.82) is 0 Å². The van der Waals surface area contributed by atoms with Gasteiger partial charge >= 0.3 is 6.09 Å². The van der Waals surface area contributed by atoms with Crippen molar-refractivity contribution in [3.63, 3.8) is 0 Å². The normalized spacial score (nSPS) is 12.4. The Morgan fingerprint density at radius 3 is 3.21 bits per heavy atom. The van der Waals surface area contributed by atoms with Gasteiger partial charge in [-0.1, -0.05) is 0 Å². The van der Waals surface area contributed by atoms with Crippen molar-refractivity contribution < 1.29 is 9.53 Å². The van der Waals surface area contributed by atoms with Crippen LogP contribution in [0, 0.1) is 0 Å². The molecule has 1 aromatic heterocycles. The maximum absolute atomic E-state index is 10.9. The second-order valence-electron chi connectivity index (χ2n) is 2.82. The van der Waals surface area contributed by atoms with Crippen LogP contribution < -0.4 is 5.32 Å². The molecule has 14 heavy (non-hydrogen) atoms. The molecular weight excluding hydrogens is 182 g/mol. The Balaban J connectivity index is 2.18. The fourth-order valence-corrected chi connectivity index (χ4v) is 1.21. The molecule has 0 bridgehead atoms. The number of aliphatic imine (C=N–C) groups is 1. The number of carbonyl (C=O) groups is 1. The highest BCUT2D eigenvalue weighted by atomic mass is 16.5. The highest BCUT2D eigenvalue weighted by Crippen LogP contribution is 2.14. The predicted molar refractivity (Wildman–Crippen MR) is 51.6 cm³/mol. The number of nitrogens with one attached hydrogen (secondary N) is 1. The minimum absolute atomic E-state index is 0.487. The molecule has 1 aliphatic rings. The van der Waals surface area contributed by atoms with Crippen LogP contribution in [0.4, 0.5) is 10.6 Å². The number of carbonyl (C=O) groups excluding carboxylic acids is 1. The first kappa shape index (κ1) is 8.68. The van der Waals surface area contributed by atoms with Gasteiger partial charge in [0.15, 0.2) is 0 Å². The van der Waals surface area contributed by atoms with Crippen molar-refractivity contribution >= 4 is 18.1 Å². The van der Waals surface area contributed by atoms with Crippen LogP contribution in [-0.4, -0.2) is 24.4 Å². The first-order chi connectivity index (χ1) is 6.79. The Bertz CT molecular complexity index is 401. The molecule has 5 heteroatoms. The molecule has 5 nitrogen and oxygen atoms in total. The number of anilines is 1. The number of amides is 1. The van der Waals surface area contributed by atoms with Gasteiger partial charge in [-0.15, -0.1) is 0 Å². The molecule has 72 valence electrons. The van der Waals surface area contributed by atoms with Gasteiger partial charge in [0.25, 0.3) is 0 Å². The molecule has 1 N–H and O–H groups in total. The Hall–Kier alpha value is -1.91. The molecule has 0 unspecified atom stereocenters. The molecule has 0 aromatic carbocycles. The van der Waals surface area contributed by atoms with Gasteiger partial charge < -0.3 is 4.74 Å². The highest BCUT2D eigenvalue weighted by molar-refractivity contribution is 5.86. The van der Waals surface area contributed by atoms with E-state index in [-0.39, 0.29) is 0 Å². The van der Waals surface area contributed by atoms with Crippen molar-refractivity contribution in [2.45, 2.75) is 6.54 Å². The minimum atomic E-state index is -0.517. The Morgan fingerprint density at radius 2 is 2.43 bits per heavy atom. The van der Waals surface area contributed by atoms with Crippen molar-refractivity contribution in [1.82, 2.24) is 4.98 Å². The molecule has 0 fully saturated rings. The third kappa shape index (κ3) is 1.56. The van der Waals surface area contributed by atoms with E-state index in [0.29, 0.717) is 12.4 Å². The molecule has 1 aromatic rings. The fraction of sp³-hybridized carbons (Fsp3) is 0.222. The molecule has 2 heterocycles. The summed E-state index contributed by atoms with van der Waals surface area (Å²) >= 11 is 0. The number of hydrogen-bond donors (Lipinski definition) is 1. The number of aromatic nitrogens is 1. The predicted octanol–water partition coefficient (Wildman–Crippen LogP) is 1.19. The largest absolute Gasteiger partial charge is 0.453 e. The van der Waals surface area contributed by atoms with Gasteiger partial charge in [0, 0.05) is 11.8 Å². The molecule has 1 amide bonds. The van der Waals surface area contributed by atoms with Gasteiger partial charge in [-0.05, 0) is 12.1 Å². The van der Waals surface area contributed by atoms with E-state index in [9.17, 15) is 4.79 Å². The van der Waals surface area contributed by atoms with Gasteiger partial charge in [-0.3, -0.25) is 10.3 Å². The SMILES string of the molecule is COC(=O)Nc1ccc2c(n1)CN=C2. The zero-order chi connectivity index (χ0) is 9.97. The summed E-state index contributed by atoms with van der Waals surface area (Å²) in [5.74, 6) is 0.487. The standard InChI is InChI=1S/C9H9N3O2/c1-14-9(13)12-8-3-2-6-4-10-5-7(6)11-8/h2-4H,5H2,1H3,(H,11,12,13). The van der Waals surface area contributed by atoms with Crippen LogP contribution in [-0.2, 0) is 11.3 Å². The average molecular weight is 191 g/mol. The maximum Gasteiger partial charge on any atom is 0.412 e. The molecule has 0 atom stereocenters. The van der Waals surface area contributed by atoms with Crippen molar-refractivity contribution in [3.05, 3.63) is 23.4 Å². The summed E-state index contributed by atoms with van der Waals surface area (Å²) < 4.78 is 4.45. The summed E-state index contributed by atoms with van der Waals surface area (Å²) in [6, 6.07) is 3.58. The van der Waals surface area contributed by atoms with E-state index in [1.807, 2.05) is 6.07 Å². The van der Waals surface area contributed by atoms with Gasteiger partial charge in [0.05, 0.1) is 19.3 Å². The molecule has 0 saturated heterocycles. The van der Waals surface area contributed by atoms with E-state index in [0.717, 1.165) is 11.3 Å². The van der Waals surface area contributed by atoms with E-state index in [4.69, 9.17) is 0 Å². The molecular formula is C9H9N3O2. The molecule has 0 aliphatic carbocycles. The summed E-state index contributed by atoms with van der Waals surface area (Å²) in [7, 11) is 1.31. The number of rotatable bonds is 1. The molecule has 0 saturated carbocycles. The lowest BCUT2D eigenvalue weighted by molar-refractivity contribution is 0.187. The number of pyridine rings is 1. The van der Waals surface area contributed by atoms with Crippen LogP contribution in [0.15, 0.2) is 17.1 Å². The number of methoxy groups -OCH3 is 1. The maximum atomic E-state index is 10.9. The Labute approximate surface area is 80.8 Å². The van der Waals surface area contributed by atoms with E-state index >= 15 is 0 Å². The molecule has 0 radical (unpaired) electrons. The third-order valence-electron chi connectivity index (χ3n) is 1.90. The second-order valence-corrected chi connectivity index (χ2v) is 2.82. The summed E-state index contributed by atoms with van der Waals surface area (Å²) in [6.45, 7) is 0.575. The Morgan fingerprint density at radius 1 is 1.57 bits per heavy atom. The average Bonchev–Trinajstić information content (AvgIpc) is 2.64. The van der Waals surface area contributed by atoms with Crippen molar-refractivity contribution in [2.24, 2.45) is 4.99 Å². The zero-order valence-corrected chi connectivity index (χ0v) is 7.65. The van der Waals surface area contributed by atoms with Crippen LogP contribution in [0.25, 0.3) is 0 Å². The number of ether oxygens (including phenoxy) is 1. The smallest absolute Gasteiger partial charge is 0.412 e. The van der Waals surface area contributed by atoms with Crippen molar-refractivity contribution in [2.75, 3.05) is 12.4 Å². The van der Waals surface area contributed by atoms with Gasteiger partial charge in [-0.25, -0.2) is 9.78 Å². The number of hydrogen-bond acceptors (Lipinski definition) is 4. The van der Waals surface area contributed by atoms with Gasteiger partial charge in [0.1, 0.15) is 5.82 Å². The summed E-state index contributed by atoms with van der Waals surface area (Å²) in [4.78, 5) is 19.1. The fourth-order valence-electron chi connectivity index (χ4n) is 1.21. The van der Waals surface area contributed by atoms with Crippen LogP contribution in [0.1, 0.15) is 11.3 Å². The van der Waals surface area contributed by atoms with E-state index < -0.39 is 6.09 Å². The highest BCUT2D eigenvalue weighted by Gasteiger charge is 2.09. The number of nitrogens with zero attached hydrogens (tertiary/aromatic N) is 2. The molecule has 1 aliphatic heterocycles. The summed E-state index contributed by atoms with van der Waals surface area (Å²) in [6.07, 6.45) is 1.25. The lowest BCUT2D eigenvalue weighted by atomic mass is 10.2. The zero-order valence-electron chi connectivity index (χ0n) is 7.65. The van der Waals surface area contributed by atoms with E-state index in [1.54, 1.807) is 12.3 Å². The minimum Gasteiger partial charge on any atom is -0.453 e. The first-order valence-corrected chi connectivity index (χ1v) is 4.14. The van der Waals surface area contributed by atoms with E-state index in [2.05, 4.69) is 20.0 Å². The Kier molecular flexibility index (Phi) is 2.14. The summed E-state index contributed by atoms with van der Waals surface area (Å²) in [5.41, 5.74) is 1.87. The molecule has 2 rings (SSSR count). The monoisotopic (exact) mass is 191 g/mol. The first-order valence-electron chi connectivity index (χ1n) is 4.14. The molecule has 0 spiro atoms. The lowest BCUT2D eigenvalue weighted by Crippen LogP contribution is -2.12. The van der Waals surface area contributed by atoms with Crippen LogP contribution >= 0.6 is 0 Å². The second kappa shape index (κ2) is 3.45. The van der Waals surface area contributed by atoms with E-state index in [1.165, 1.54) is 7.11 Å². The van der Waals surface area contributed by atoms with Crippen molar-refractivity contribution in [3.8, 4) is 0 Å². The van der Waals surface area contributed by atoms with Gasteiger partial charge in [-0.2, -0.15) is 0 Å². The van der Waals surface area contributed by atoms with Crippen LogP contribution in [0.3, 0.4) is 0 Å². The van der Waals surface area contributed by atoms with Gasteiger partial charge in [0.2, 0.25) is 0 Å². The number of fused-ring (bicyclic) bond motifs is 1. The summed E-state index contributed by atoms with van der Waals surface area (Å²) in [5, 5.41) is 2.49. The third-order valence-corrected chi connectivity index (χ3v) is 1.90. The van der Waals surface area contributed by atoms with Crippen LogP contribution in [0.5, 0.6) is 0 Å². The van der Waals surface area contributed by atoms with Crippen LogP contribution in [0.2, 0.25) is 0 Å². The lowest BCUT2D eigenvalue weighted by Gasteiger charge is -2.03.